The Kier molecular flexibility index (Phi) is 2.59. The summed E-state index contributed by atoms with van der Waals surface area (Å²) >= 11 is 0. The number of rotatable bonds is 1. The zero-order valence-electron chi connectivity index (χ0n) is 8.50. The van der Waals surface area contributed by atoms with Crippen LogP contribution in [0.1, 0.15) is 27.2 Å². The van der Waals surface area contributed by atoms with Crippen LogP contribution in [0.4, 0.5) is 0 Å². The van der Waals surface area contributed by atoms with Crippen molar-refractivity contribution in [3.63, 3.8) is 0 Å². The van der Waals surface area contributed by atoms with Gasteiger partial charge in [-0.2, -0.15) is 0 Å². The van der Waals surface area contributed by atoms with Crippen LogP contribution in [0.2, 0.25) is 0 Å². The summed E-state index contributed by atoms with van der Waals surface area (Å²) in [5.74, 6) is -0.889. The van der Waals surface area contributed by atoms with Crippen molar-refractivity contribution in [2.45, 2.75) is 33.2 Å². The lowest BCUT2D eigenvalue weighted by Crippen LogP contribution is -2.46. The standard InChI is InChI=1S/C9H14N2O3/c1-9(2,3)8-10-5(7(13)14)4-6(12)11-8/h5H,4H2,1-3H3,(H,13,14)(H,10,11,12). The first-order chi connectivity index (χ1) is 6.30. The van der Waals surface area contributed by atoms with E-state index in [1.165, 1.54) is 0 Å². The van der Waals surface area contributed by atoms with E-state index in [0.29, 0.717) is 5.84 Å². The molecular weight excluding hydrogens is 184 g/mol. The van der Waals surface area contributed by atoms with Crippen LogP contribution in [0.5, 0.6) is 0 Å². The summed E-state index contributed by atoms with van der Waals surface area (Å²) in [6.45, 7) is 5.61. The third-order valence-corrected chi connectivity index (χ3v) is 1.92. The number of hydrogen-bond acceptors (Lipinski definition) is 3. The third-order valence-electron chi connectivity index (χ3n) is 1.92. The fourth-order valence-corrected chi connectivity index (χ4v) is 1.12. The molecule has 0 bridgehead atoms. The van der Waals surface area contributed by atoms with E-state index in [1.807, 2.05) is 20.8 Å². The van der Waals surface area contributed by atoms with E-state index in [2.05, 4.69) is 10.3 Å². The zero-order chi connectivity index (χ0) is 10.9. The van der Waals surface area contributed by atoms with Gasteiger partial charge in [-0.25, -0.2) is 4.79 Å². The molecule has 1 aliphatic rings. The van der Waals surface area contributed by atoms with Crippen molar-refractivity contribution in [2.75, 3.05) is 0 Å². The number of aliphatic imine (C=N–C) groups is 1. The Morgan fingerprint density at radius 1 is 1.57 bits per heavy atom. The van der Waals surface area contributed by atoms with Gasteiger partial charge in [0.25, 0.3) is 0 Å². The number of amidine groups is 1. The van der Waals surface area contributed by atoms with Crippen molar-refractivity contribution in [3.05, 3.63) is 0 Å². The van der Waals surface area contributed by atoms with Gasteiger partial charge in [-0.05, 0) is 0 Å². The molecule has 14 heavy (non-hydrogen) atoms. The maximum atomic E-state index is 11.2. The minimum Gasteiger partial charge on any atom is -0.480 e. The maximum absolute atomic E-state index is 11.2. The molecule has 0 fully saturated rings. The summed E-state index contributed by atoms with van der Waals surface area (Å²) in [6, 6.07) is -0.932. The highest BCUT2D eigenvalue weighted by Crippen LogP contribution is 2.18. The number of nitrogens with one attached hydrogen (secondary N) is 1. The van der Waals surface area contributed by atoms with Crippen molar-refractivity contribution >= 4 is 17.7 Å². The van der Waals surface area contributed by atoms with Crippen LogP contribution in [0.25, 0.3) is 0 Å². The molecule has 0 aromatic heterocycles. The van der Waals surface area contributed by atoms with E-state index in [1.54, 1.807) is 0 Å². The fourth-order valence-electron chi connectivity index (χ4n) is 1.12. The number of carbonyl (C=O) groups is 2. The van der Waals surface area contributed by atoms with Crippen molar-refractivity contribution in [1.29, 1.82) is 0 Å². The molecule has 78 valence electrons. The molecule has 2 N–H and O–H groups in total. The van der Waals surface area contributed by atoms with Crippen LogP contribution in [-0.2, 0) is 9.59 Å². The lowest BCUT2D eigenvalue weighted by Gasteiger charge is -2.27. The van der Waals surface area contributed by atoms with Gasteiger partial charge in [-0.3, -0.25) is 9.79 Å². The average molecular weight is 198 g/mol. The van der Waals surface area contributed by atoms with Crippen LogP contribution < -0.4 is 5.32 Å². The fraction of sp³-hybridized carbons (Fsp3) is 0.667. The number of hydrogen-bond donors (Lipinski definition) is 2. The second-order valence-electron chi connectivity index (χ2n) is 4.33. The van der Waals surface area contributed by atoms with Crippen molar-refractivity contribution < 1.29 is 14.7 Å². The van der Waals surface area contributed by atoms with Gasteiger partial charge in [0.2, 0.25) is 5.91 Å². The molecule has 1 unspecified atom stereocenters. The van der Waals surface area contributed by atoms with Gasteiger partial charge in [0.15, 0.2) is 6.04 Å². The quantitative estimate of drug-likeness (QED) is 0.640. The molecule has 0 aromatic rings. The first kappa shape index (κ1) is 10.7. The monoisotopic (exact) mass is 198 g/mol. The highest BCUT2D eigenvalue weighted by molar-refractivity contribution is 6.05. The molecule has 0 radical (unpaired) electrons. The second-order valence-corrected chi connectivity index (χ2v) is 4.33. The van der Waals surface area contributed by atoms with E-state index in [0.717, 1.165) is 0 Å². The van der Waals surface area contributed by atoms with Crippen molar-refractivity contribution in [1.82, 2.24) is 5.32 Å². The van der Waals surface area contributed by atoms with Gasteiger partial charge in [-0.15, -0.1) is 0 Å². The number of carboxylic acid groups (broad SMARTS) is 1. The average Bonchev–Trinajstić information content (AvgIpc) is 2.01. The van der Waals surface area contributed by atoms with Crippen LogP contribution in [0.15, 0.2) is 4.99 Å². The smallest absolute Gasteiger partial charge is 0.329 e. The second kappa shape index (κ2) is 3.40. The molecule has 1 heterocycles. The van der Waals surface area contributed by atoms with Crippen molar-refractivity contribution in [3.8, 4) is 0 Å². The number of carboxylic acids is 1. The number of aliphatic carboxylic acids is 1. The summed E-state index contributed by atoms with van der Waals surface area (Å²) in [5.41, 5.74) is -0.330. The summed E-state index contributed by atoms with van der Waals surface area (Å²) in [7, 11) is 0. The highest BCUT2D eigenvalue weighted by atomic mass is 16.4. The molecule has 1 amide bonds. The SMILES string of the molecule is CC(C)(C)C1=NC(C(=O)O)CC(=O)N1. The molecule has 0 aromatic carbocycles. The number of nitrogens with zero attached hydrogens (tertiary/aromatic N) is 1. The van der Waals surface area contributed by atoms with Gasteiger partial charge in [-0.1, -0.05) is 20.8 Å². The largest absolute Gasteiger partial charge is 0.480 e. The summed E-state index contributed by atoms with van der Waals surface area (Å²) < 4.78 is 0. The van der Waals surface area contributed by atoms with Gasteiger partial charge < -0.3 is 10.4 Å². The Bertz CT molecular complexity index is 302. The minimum absolute atomic E-state index is 0.0745. The summed E-state index contributed by atoms with van der Waals surface area (Å²) in [6.07, 6.45) is -0.0745. The molecule has 1 atom stereocenters. The first-order valence-electron chi connectivity index (χ1n) is 4.41. The Balaban J connectivity index is 2.96. The van der Waals surface area contributed by atoms with E-state index in [9.17, 15) is 9.59 Å². The van der Waals surface area contributed by atoms with E-state index in [-0.39, 0.29) is 17.7 Å². The minimum atomic E-state index is -1.05. The van der Waals surface area contributed by atoms with Crippen LogP contribution in [-0.4, -0.2) is 28.9 Å². The maximum Gasteiger partial charge on any atom is 0.329 e. The Labute approximate surface area is 82.2 Å². The van der Waals surface area contributed by atoms with Crippen LogP contribution in [0, 0.1) is 5.41 Å². The number of carbonyl (C=O) groups excluding carboxylic acids is 1. The van der Waals surface area contributed by atoms with Crippen molar-refractivity contribution in [2.24, 2.45) is 10.4 Å². The zero-order valence-corrected chi connectivity index (χ0v) is 8.50. The van der Waals surface area contributed by atoms with E-state index >= 15 is 0 Å². The molecular formula is C9H14N2O3. The Hall–Kier alpha value is -1.39. The van der Waals surface area contributed by atoms with E-state index < -0.39 is 12.0 Å². The molecule has 0 saturated carbocycles. The normalized spacial score (nSPS) is 22.6. The van der Waals surface area contributed by atoms with Gasteiger partial charge in [0, 0.05) is 5.41 Å². The van der Waals surface area contributed by atoms with Crippen LogP contribution >= 0.6 is 0 Å². The molecule has 1 aliphatic heterocycles. The molecule has 5 heteroatoms. The molecule has 0 aliphatic carbocycles. The van der Waals surface area contributed by atoms with Gasteiger partial charge in [0.05, 0.1) is 6.42 Å². The molecule has 0 saturated heterocycles. The third kappa shape index (κ3) is 2.31. The van der Waals surface area contributed by atoms with E-state index in [4.69, 9.17) is 5.11 Å². The number of amides is 1. The highest BCUT2D eigenvalue weighted by Gasteiger charge is 2.31. The summed E-state index contributed by atoms with van der Waals surface area (Å²) in [4.78, 5) is 25.9. The Morgan fingerprint density at radius 2 is 2.14 bits per heavy atom. The Morgan fingerprint density at radius 3 is 2.57 bits per heavy atom. The van der Waals surface area contributed by atoms with Gasteiger partial charge >= 0.3 is 5.97 Å². The lowest BCUT2D eigenvalue weighted by molar-refractivity contribution is -0.140. The summed E-state index contributed by atoms with van der Waals surface area (Å²) in [5, 5.41) is 11.3. The predicted molar refractivity (Wildman–Crippen MR) is 51.1 cm³/mol. The molecule has 5 nitrogen and oxygen atoms in total. The molecule has 1 rings (SSSR count). The topological polar surface area (TPSA) is 78.8 Å². The van der Waals surface area contributed by atoms with Crippen LogP contribution in [0.3, 0.4) is 0 Å². The lowest BCUT2D eigenvalue weighted by atomic mass is 9.93. The molecule has 0 spiro atoms. The first-order valence-corrected chi connectivity index (χ1v) is 4.41. The van der Waals surface area contributed by atoms with Gasteiger partial charge in [0.1, 0.15) is 5.84 Å². The predicted octanol–water partition coefficient (Wildman–Crippen LogP) is 0.404.